The fraction of sp³-hybridized carbons (Fsp3) is 0.538. The molecule has 0 aliphatic carbocycles. The number of oxime groups is 1. The highest BCUT2D eigenvalue weighted by atomic mass is 32.1. The first-order chi connectivity index (χ1) is 9.22. The predicted octanol–water partition coefficient (Wildman–Crippen LogP) is 2.10. The van der Waals surface area contributed by atoms with E-state index in [2.05, 4.69) is 21.9 Å². The van der Waals surface area contributed by atoms with Crippen molar-refractivity contribution in [1.29, 1.82) is 0 Å². The molecule has 1 rings (SSSR count). The van der Waals surface area contributed by atoms with Crippen molar-refractivity contribution < 1.29 is 10.0 Å². The van der Waals surface area contributed by atoms with E-state index in [1.54, 1.807) is 11.3 Å². The minimum Gasteiger partial charge on any atom is -0.409 e. The molecule has 106 valence electrons. The number of nitrogens with zero attached hydrogens (tertiary/aromatic N) is 1. The summed E-state index contributed by atoms with van der Waals surface area (Å²) in [5.41, 5.74) is 5.34. The summed E-state index contributed by atoms with van der Waals surface area (Å²) in [7, 11) is 0. The first-order valence-electron chi connectivity index (χ1n) is 6.48. The lowest BCUT2D eigenvalue weighted by Crippen LogP contribution is -2.24. The van der Waals surface area contributed by atoms with Crippen molar-refractivity contribution in [3.05, 3.63) is 22.4 Å². The Labute approximate surface area is 117 Å². The molecule has 6 heteroatoms. The number of thiophene rings is 1. The average Bonchev–Trinajstić information content (AvgIpc) is 2.91. The molecule has 0 aromatic carbocycles. The Morgan fingerprint density at radius 2 is 2.21 bits per heavy atom. The van der Waals surface area contributed by atoms with Gasteiger partial charge in [0, 0.05) is 24.3 Å². The van der Waals surface area contributed by atoms with Crippen LogP contribution in [0.2, 0.25) is 0 Å². The number of hydrogen-bond acceptors (Lipinski definition) is 4. The Balaban J connectivity index is 1.96. The molecular formula is C13H21N3O2S. The lowest BCUT2D eigenvalue weighted by Gasteiger charge is -2.04. The molecular weight excluding hydrogens is 262 g/mol. The molecule has 1 amide bonds. The van der Waals surface area contributed by atoms with Crippen LogP contribution in [0.15, 0.2) is 22.7 Å². The number of carbonyl (C=O) groups is 1. The van der Waals surface area contributed by atoms with E-state index in [0.717, 1.165) is 25.7 Å². The van der Waals surface area contributed by atoms with Crippen molar-refractivity contribution in [1.82, 2.24) is 5.32 Å². The highest BCUT2D eigenvalue weighted by Crippen LogP contribution is 2.11. The zero-order valence-electron chi connectivity index (χ0n) is 11.0. The van der Waals surface area contributed by atoms with Crippen LogP contribution in [0.3, 0.4) is 0 Å². The number of amides is 1. The summed E-state index contributed by atoms with van der Waals surface area (Å²) in [5, 5.41) is 16.2. The van der Waals surface area contributed by atoms with Gasteiger partial charge in [0.15, 0.2) is 0 Å². The highest BCUT2D eigenvalue weighted by molar-refractivity contribution is 7.09. The number of aryl methyl sites for hydroxylation is 1. The van der Waals surface area contributed by atoms with Gasteiger partial charge < -0.3 is 16.3 Å². The number of carbonyl (C=O) groups excluding carboxylic acids is 1. The fourth-order valence-electron chi connectivity index (χ4n) is 1.68. The van der Waals surface area contributed by atoms with Crippen LogP contribution < -0.4 is 11.1 Å². The summed E-state index contributed by atoms with van der Waals surface area (Å²) >= 11 is 1.73. The maximum atomic E-state index is 11.5. The van der Waals surface area contributed by atoms with Gasteiger partial charge in [-0.15, -0.1) is 11.3 Å². The van der Waals surface area contributed by atoms with Gasteiger partial charge in [-0.05, 0) is 37.1 Å². The zero-order valence-corrected chi connectivity index (χ0v) is 11.8. The minimum absolute atomic E-state index is 0.0975. The average molecular weight is 283 g/mol. The fourth-order valence-corrected chi connectivity index (χ4v) is 2.43. The molecule has 5 nitrogen and oxygen atoms in total. The van der Waals surface area contributed by atoms with Crippen LogP contribution in [-0.4, -0.2) is 23.5 Å². The molecule has 0 bridgehead atoms. The number of rotatable bonds is 9. The summed E-state index contributed by atoms with van der Waals surface area (Å²) in [6.07, 6.45) is 4.63. The predicted molar refractivity (Wildman–Crippen MR) is 77.5 cm³/mol. The largest absolute Gasteiger partial charge is 0.409 e. The smallest absolute Gasteiger partial charge is 0.220 e. The van der Waals surface area contributed by atoms with Gasteiger partial charge >= 0.3 is 0 Å². The van der Waals surface area contributed by atoms with Gasteiger partial charge in [0.2, 0.25) is 5.91 Å². The molecule has 0 fully saturated rings. The molecule has 4 N–H and O–H groups in total. The number of nitrogens with one attached hydrogen (secondary N) is 1. The Bertz CT molecular complexity index is 391. The summed E-state index contributed by atoms with van der Waals surface area (Å²) in [6.45, 7) is 0.649. The van der Waals surface area contributed by atoms with Crippen LogP contribution in [0.25, 0.3) is 0 Å². The van der Waals surface area contributed by atoms with Gasteiger partial charge in [0.05, 0.1) is 0 Å². The van der Waals surface area contributed by atoms with Crippen molar-refractivity contribution in [2.45, 2.75) is 38.5 Å². The molecule has 0 atom stereocenters. The van der Waals surface area contributed by atoms with Crippen LogP contribution in [0.4, 0.5) is 0 Å². The van der Waals surface area contributed by atoms with Gasteiger partial charge in [-0.1, -0.05) is 11.2 Å². The molecule has 0 radical (unpaired) electrons. The van der Waals surface area contributed by atoms with Gasteiger partial charge in [-0.3, -0.25) is 4.79 Å². The third-order valence-electron chi connectivity index (χ3n) is 2.72. The number of unbranched alkanes of at least 4 members (excludes halogenated alkanes) is 1. The third-order valence-corrected chi connectivity index (χ3v) is 3.65. The molecule has 1 heterocycles. The van der Waals surface area contributed by atoms with Crippen LogP contribution in [-0.2, 0) is 11.2 Å². The Kier molecular flexibility index (Phi) is 7.65. The SMILES string of the molecule is NC(CCCCNC(=O)CCCc1cccs1)=NO. The summed E-state index contributed by atoms with van der Waals surface area (Å²) in [4.78, 5) is 12.9. The lowest BCUT2D eigenvalue weighted by atomic mass is 10.2. The quantitative estimate of drug-likeness (QED) is 0.213. The number of nitrogens with two attached hydrogens (primary N) is 1. The first kappa shape index (κ1) is 15.5. The molecule has 0 saturated carbocycles. The molecule has 19 heavy (non-hydrogen) atoms. The second-order valence-electron chi connectivity index (χ2n) is 4.33. The van der Waals surface area contributed by atoms with Gasteiger partial charge in [0.25, 0.3) is 0 Å². The van der Waals surface area contributed by atoms with E-state index in [4.69, 9.17) is 10.9 Å². The van der Waals surface area contributed by atoms with E-state index >= 15 is 0 Å². The van der Waals surface area contributed by atoms with E-state index < -0.39 is 0 Å². The van der Waals surface area contributed by atoms with E-state index in [1.807, 2.05) is 6.07 Å². The molecule has 1 aromatic heterocycles. The van der Waals surface area contributed by atoms with E-state index in [9.17, 15) is 4.79 Å². The Morgan fingerprint density at radius 3 is 2.89 bits per heavy atom. The highest BCUT2D eigenvalue weighted by Gasteiger charge is 2.02. The van der Waals surface area contributed by atoms with Gasteiger partial charge in [0.1, 0.15) is 5.84 Å². The maximum absolute atomic E-state index is 11.5. The molecule has 0 spiro atoms. The third kappa shape index (κ3) is 7.46. The minimum atomic E-state index is 0.0975. The van der Waals surface area contributed by atoms with Crippen molar-refractivity contribution in [2.75, 3.05) is 6.54 Å². The van der Waals surface area contributed by atoms with Gasteiger partial charge in [-0.2, -0.15) is 0 Å². The monoisotopic (exact) mass is 283 g/mol. The van der Waals surface area contributed by atoms with Gasteiger partial charge in [-0.25, -0.2) is 0 Å². The first-order valence-corrected chi connectivity index (χ1v) is 7.36. The van der Waals surface area contributed by atoms with Crippen LogP contribution >= 0.6 is 11.3 Å². The second kappa shape index (κ2) is 9.38. The summed E-state index contributed by atoms with van der Waals surface area (Å²) in [6, 6.07) is 4.12. The molecule has 0 aliphatic rings. The summed E-state index contributed by atoms with van der Waals surface area (Å²) in [5.74, 6) is 0.336. The van der Waals surface area contributed by atoms with Crippen molar-refractivity contribution in [3.8, 4) is 0 Å². The Morgan fingerprint density at radius 1 is 1.37 bits per heavy atom. The zero-order chi connectivity index (χ0) is 13.9. The normalized spacial score (nSPS) is 11.5. The standard InChI is InChI=1S/C13H21N3O2S/c14-12(16-18)7-1-2-9-15-13(17)8-3-5-11-6-4-10-19-11/h4,6,10,18H,1-3,5,7-9H2,(H2,14,16)(H,15,17). The molecule has 1 aromatic rings. The molecule has 0 saturated heterocycles. The van der Waals surface area contributed by atoms with Crippen molar-refractivity contribution in [2.24, 2.45) is 10.9 Å². The van der Waals surface area contributed by atoms with Crippen LogP contribution in [0.5, 0.6) is 0 Å². The van der Waals surface area contributed by atoms with E-state index in [-0.39, 0.29) is 11.7 Å². The second-order valence-corrected chi connectivity index (χ2v) is 5.36. The lowest BCUT2D eigenvalue weighted by molar-refractivity contribution is -0.121. The van der Waals surface area contributed by atoms with Crippen molar-refractivity contribution >= 4 is 23.1 Å². The number of amidine groups is 1. The van der Waals surface area contributed by atoms with Crippen LogP contribution in [0.1, 0.15) is 37.0 Å². The van der Waals surface area contributed by atoms with Crippen LogP contribution in [0, 0.1) is 0 Å². The topological polar surface area (TPSA) is 87.7 Å². The van der Waals surface area contributed by atoms with E-state index in [0.29, 0.717) is 19.4 Å². The maximum Gasteiger partial charge on any atom is 0.220 e. The number of hydrogen-bond donors (Lipinski definition) is 3. The summed E-state index contributed by atoms with van der Waals surface area (Å²) < 4.78 is 0. The van der Waals surface area contributed by atoms with Crippen molar-refractivity contribution in [3.63, 3.8) is 0 Å². The Hall–Kier alpha value is -1.56. The molecule has 0 unspecified atom stereocenters. The van der Waals surface area contributed by atoms with E-state index in [1.165, 1.54) is 4.88 Å². The molecule has 0 aliphatic heterocycles.